The van der Waals surface area contributed by atoms with Crippen LogP contribution < -0.4 is 27.2 Å². The molecule has 2 atom stereocenters. The van der Waals surface area contributed by atoms with Gasteiger partial charge in [0.25, 0.3) is 11.5 Å². The third kappa shape index (κ3) is 5.35. The van der Waals surface area contributed by atoms with Crippen LogP contribution in [0, 0.1) is 0 Å². The zero-order valence-corrected chi connectivity index (χ0v) is 24.1. The van der Waals surface area contributed by atoms with E-state index < -0.39 is 52.9 Å². The first-order valence-electron chi connectivity index (χ1n) is 14.3. The first-order valence-corrected chi connectivity index (χ1v) is 14.3. The standard InChI is InChI=1S/C32H31N5O7/c1-18(2)36-17-25(28(40)37(31(36)43)32(13-14-32)30(42)35-24-16-26(38)44-29(24)41)34-27(39)20-8-10-22(11-9-20)33-23-12-7-19-5-3-4-6-21(19)15-23/h3-12,15,17-18,24,29,33,41H,13-14,16H2,1-2H3,(H,34,39)(H,35,42)/t24-,29?/m0/s1. The van der Waals surface area contributed by atoms with Crippen molar-refractivity contribution in [3.05, 3.63) is 99.3 Å². The van der Waals surface area contributed by atoms with E-state index in [9.17, 15) is 29.1 Å². The van der Waals surface area contributed by atoms with Gasteiger partial charge in [-0.25, -0.2) is 9.36 Å². The van der Waals surface area contributed by atoms with Gasteiger partial charge in [0, 0.05) is 29.2 Å². The van der Waals surface area contributed by atoms with Crippen LogP contribution >= 0.6 is 0 Å². The molecular weight excluding hydrogens is 566 g/mol. The Morgan fingerprint density at radius 1 is 0.955 bits per heavy atom. The molecule has 0 radical (unpaired) electrons. The second-order valence-corrected chi connectivity index (χ2v) is 11.4. The average molecular weight is 598 g/mol. The molecule has 1 aliphatic heterocycles. The summed E-state index contributed by atoms with van der Waals surface area (Å²) in [4.78, 5) is 65.2. The number of anilines is 3. The Kier molecular flexibility index (Phi) is 7.30. The van der Waals surface area contributed by atoms with Crippen molar-refractivity contribution in [3.8, 4) is 0 Å². The number of carbonyl (C=O) groups excluding carboxylic acids is 3. The van der Waals surface area contributed by atoms with Crippen molar-refractivity contribution in [2.45, 2.75) is 57.0 Å². The summed E-state index contributed by atoms with van der Waals surface area (Å²) in [6.45, 7) is 3.47. The number of benzene rings is 3. The highest BCUT2D eigenvalue weighted by Crippen LogP contribution is 2.42. The minimum atomic E-state index is -1.52. The third-order valence-corrected chi connectivity index (χ3v) is 7.98. The molecule has 4 aromatic rings. The van der Waals surface area contributed by atoms with Crippen molar-refractivity contribution in [3.63, 3.8) is 0 Å². The van der Waals surface area contributed by atoms with Crippen LogP contribution in [0.2, 0.25) is 0 Å². The van der Waals surface area contributed by atoms with Crippen molar-refractivity contribution < 1.29 is 24.2 Å². The van der Waals surface area contributed by atoms with Crippen LogP contribution in [-0.2, 0) is 19.9 Å². The number of rotatable bonds is 8. The zero-order valence-electron chi connectivity index (χ0n) is 24.1. The Labute approximate surface area is 251 Å². The van der Waals surface area contributed by atoms with Crippen LogP contribution in [0.1, 0.15) is 49.5 Å². The minimum absolute atomic E-state index is 0.167. The molecule has 6 rings (SSSR count). The number of carbonyl (C=O) groups is 3. The van der Waals surface area contributed by atoms with E-state index in [1.54, 1.807) is 38.1 Å². The van der Waals surface area contributed by atoms with Gasteiger partial charge in [0.05, 0.1) is 6.42 Å². The number of cyclic esters (lactones) is 1. The molecule has 0 spiro atoms. The third-order valence-electron chi connectivity index (χ3n) is 7.98. The molecule has 1 unspecified atom stereocenters. The van der Waals surface area contributed by atoms with E-state index in [0.29, 0.717) is 0 Å². The summed E-state index contributed by atoms with van der Waals surface area (Å²) in [6, 6.07) is 19.3. The van der Waals surface area contributed by atoms with Crippen LogP contribution in [0.25, 0.3) is 10.8 Å². The second kappa shape index (κ2) is 11.1. The maximum atomic E-state index is 13.6. The number of aromatic nitrogens is 2. The van der Waals surface area contributed by atoms with Crippen LogP contribution in [-0.4, -0.2) is 44.4 Å². The fourth-order valence-corrected chi connectivity index (χ4v) is 5.38. The van der Waals surface area contributed by atoms with E-state index >= 15 is 0 Å². The number of amides is 2. The van der Waals surface area contributed by atoms with E-state index in [-0.39, 0.29) is 30.5 Å². The number of hydrogen-bond acceptors (Lipinski definition) is 8. The number of fused-ring (bicyclic) bond motifs is 1. The molecule has 1 saturated carbocycles. The largest absolute Gasteiger partial charge is 0.434 e. The Balaban J connectivity index is 1.24. The van der Waals surface area contributed by atoms with Crippen molar-refractivity contribution in [1.29, 1.82) is 0 Å². The summed E-state index contributed by atoms with van der Waals surface area (Å²) in [7, 11) is 0. The molecular formula is C32H31N5O7. The van der Waals surface area contributed by atoms with E-state index in [2.05, 4.69) is 20.7 Å². The molecule has 2 fully saturated rings. The number of nitrogens with one attached hydrogen (secondary N) is 3. The normalized spacial score (nSPS) is 18.6. The van der Waals surface area contributed by atoms with Gasteiger partial charge >= 0.3 is 11.7 Å². The molecule has 2 aliphatic rings. The van der Waals surface area contributed by atoms with Gasteiger partial charge in [0.15, 0.2) is 0 Å². The molecule has 1 saturated heterocycles. The van der Waals surface area contributed by atoms with Crippen LogP contribution in [0.3, 0.4) is 0 Å². The van der Waals surface area contributed by atoms with Crippen molar-refractivity contribution in [2.24, 2.45) is 0 Å². The lowest BCUT2D eigenvalue weighted by atomic mass is 10.1. The molecule has 226 valence electrons. The lowest BCUT2D eigenvalue weighted by Crippen LogP contribution is -2.54. The number of ether oxygens (including phenoxy) is 1. The quantitative estimate of drug-likeness (QED) is 0.226. The van der Waals surface area contributed by atoms with E-state index in [1.807, 2.05) is 42.5 Å². The predicted octanol–water partition coefficient (Wildman–Crippen LogP) is 2.98. The summed E-state index contributed by atoms with van der Waals surface area (Å²) in [5.41, 5.74) is -1.31. The number of aliphatic hydroxyl groups excluding tert-OH is 1. The van der Waals surface area contributed by atoms with E-state index in [1.165, 1.54) is 10.8 Å². The van der Waals surface area contributed by atoms with Gasteiger partial charge in [-0.2, -0.15) is 0 Å². The molecule has 3 aromatic carbocycles. The van der Waals surface area contributed by atoms with Crippen LogP contribution in [0.15, 0.2) is 82.5 Å². The average Bonchev–Trinajstić information content (AvgIpc) is 3.73. The fourth-order valence-electron chi connectivity index (χ4n) is 5.38. The summed E-state index contributed by atoms with van der Waals surface area (Å²) >= 11 is 0. The van der Waals surface area contributed by atoms with E-state index in [4.69, 9.17) is 0 Å². The summed E-state index contributed by atoms with van der Waals surface area (Å²) in [5.74, 6) is -1.93. The lowest BCUT2D eigenvalue weighted by molar-refractivity contribution is -0.155. The monoisotopic (exact) mass is 597 g/mol. The van der Waals surface area contributed by atoms with Crippen LogP contribution in [0.4, 0.5) is 17.1 Å². The molecule has 4 N–H and O–H groups in total. The molecule has 2 heterocycles. The lowest BCUT2D eigenvalue weighted by Gasteiger charge is -2.23. The first-order chi connectivity index (χ1) is 21.1. The molecule has 12 nitrogen and oxygen atoms in total. The maximum Gasteiger partial charge on any atom is 0.332 e. The Bertz CT molecular complexity index is 1910. The Hall–Kier alpha value is -5.23. The molecule has 12 heteroatoms. The Morgan fingerprint density at radius 2 is 1.64 bits per heavy atom. The number of hydrogen-bond donors (Lipinski definition) is 4. The Morgan fingerprint density at radius 3 is 2.27 bits per heavy atom. The second-order valence-electron chi connectivity index (χ2n) is 11.4. The van der Waals surface area contributed by atoms with E-state index in [0.717, 1.165) is 26.7 Å². The highest BCUT2D eigenvalue weighted by molar-refractivity contribution is 6.04. The molecule has 1 aromatic heterocycles. The fraction of sp³-hybridized carbons (Fsp3) is 0.281. The zero-order chi connectivity index (χ0) is 31.2. The SMILES string of the molecule is CC(C)n1cc(NC(=O)c2ccc(Nc3ccc4ccccc4c3)cc2)c(=O)n(C2(C(=O)N[C@H]3CC(=O)OC3O)CC2)c1=O. The first kappa shape index (κ1) is 28.9. The van der Waals surface area contributed by atoms with Gasteiger partial charge in [-0.1, -0.05) is 30.3 Å². The van der Waals surface area contributed by atoms with Gasteiger partial charge in [-0.15, -0.1) is 0 Å². The van der Waals surface area contributed by atoms with Gasteiger partial charge in [-0.05, 0) is 73.9 Å². The number of nitrogens with zero attached hydrogens (tertiary/aromatic N) is 2. The van der Waals surface area contributed by atoms with Gasteiger partial charge < -0.3 is 25.8 Å². The summed E-state index contributed by atoms with van der Waals surface area (Å²) in [5, 5.41) is 20.6. The van der Waals surface area contributed by atoms with Gasteiger partial charge in [-0.3, -0.25) is 23.7 Å². The highest BCUT2D eigenvalue weighted by atomic mass is 16.6. The van der Waals surface area contributed by atoms with Gasteiger partial charge in [0.1, 0.15) is 17.3 Å². The molecule has 0 bridgehead atoms. The van der Waals surface area contributed by atoms with Gasteiger partial charge in [0.2, 0.25) is 12.2 Å². The maximum absolute atomic E-state index is 13.6. The number of aliphatic hydroxyl groups is 1. The smallest absolute Gasteiger partial charge is 0.332 e. The van der Waals surface area contributed by atoms with Crippen molar-refractivity contribution in [1.82, 2.24) is 14.5 Å². The predicted molar refractivity (Wildman–Crippen MR) is 163 cm³/mol. The topological polar surface area (TPSA) is 161 Å². The summed E-state index contributed by atoms with van der Waals surface area (Å²) in [6.07, 6.45) is -0.105. The molecule has 1 aliphatic carbocycles. The molecule has 44 heavy (non-hydrogen) atoms. The van der Waals surface area contributed by atoms with Crippen molar-refractivity contribution in [2.75, 3.05) is 10.6 Å². The van der Waals surface area contributed by atoms with Crippen LogP contribution in [0.5, 0.6) is 0 Å². The highest BCUT2D eigenvalue weighted by Gasteiger charge is 2.55. The molecule has 2 amide bonds. The number of esters is 1. The van der Waals surface area contributed by atoms with Crippen molar-refractivity contribution >= 4 is 45.6 Å². The summed E-state index contributed by atoms with van der Waals surface area (Å²) < 4.78 is 6.82. The minimum Gasteiger partial charge on any atom is -0.434 e.